The highest BCUT2D eigenvalue weighted by molar-refractivity contribution is 5.94. The second kappa shape index (κ2) is 8.25. The molecule has 1 amide bonds. The van der Waals surface area contributed by atoms with Crippen LogP contribution in [0.15, 0.2) is 53.3 Å². The lowest BCUT2D eigenvalue weighted by molar-refractivity contribution is 0.0675. The quantitative estimate of drug-likeness (QED) is 0.724. The Labute approximate surface area is 155 Å². The first kappa shape index (κ1) is 18.3. The molecule has 27 heavy (non-hydrogen) atoms. The number of benzene rings is 2. The number of nitriles is 1. The van der Waals surface area contributed by atoms with Crippen LogP contribution in [-0.2, 0) is 11.3 Å². The van der Waals surface area contributed by atoms with E-state index in [1.54, 1.807) is 54.5 Å². The highest BCUT2D eigenvalue weighted by atomic mass is 16.5. The number of aromatic amines is 1. The van der Waals surface area contributed by atoms with Crippen LogP contribution in [0.4, 0.5) is 0 Å². The van der Waals surface area contributed by atoms with E-state index >= 15 is 0 Å². The lowest BCUT2D eigenvalue weighted by Crippen LogP contribution is -2.34. The van der Waals surface area contributed by atoms with Crippen LogP contribution in [0.2, 0.25) is 0 Å². The van der Waals surface area contributed by atoms with Gasteiger partial charge in [-0.25, -0.2) is 4.98 Å². The summed E-state index contributed by atoms with van der Waals surface area (Å²) in [5, 5.41) is 9.40. The van der Waals surface area contributed by atoms with Crippen LogP contribution in [0.5, 0.6) is 0 Å². The Kier molecular flexibility index (Phi) is 5.59. The van der Waals surface area contributed by atoms with Gasteiger partial charge in [0, 0.05) is 19.2 Å². The Morgan fingerprint density at radius 2 is 1.96 bits per heavy atom. The molecule has 0 spiro atoms. The summed E-state index contributed by atoms with van der Waals surface area (Å²) in [7, 11) is 1.56. The van der Waals surface area contributed by atoms with Crippen LogP contribution in [0, 0.1) is 11.3 Å². The second-order valence-electron chi connectivity index (χ2n) is 5.94. The van der Waals surface area contributed by atoms with Crippen molar-refractivity contribution < 1.29 is 9.53 Å². The number of nitrogens with zero attached hydrogens (tertiary/aromatic N) is 3. The smallest absolute Gasteiger partial charge is 0.258 e. The third-order valence-electron chi connectivity index (χ3n) is 4.12. The Morgan fingerprint density at radius 1 is 1.22 bits per heavy atom. The van der Waals surface area contributed by atoms with E-state index in [0.29, 0.717) is 41.0 Å². The predicted molar refractivity (Wildman–Crippen MR) is 100 cm³/mol. The molecule has 2 aromatic carbocycles. The van der Waals surface area contributed by atoms with E-state index in [-0.39, 0.29) is 18.0 Å². The number of methoxy groups -OCH3 is 1. The van der Waals surface area contributed by atoms with Crippen molar-refractivity contribution in [2.45, 2.75) is 6.54 Å². The molecule has 7 nitrogen and oxygen atoms in total. The number of fused-ring (bicyclic) bond motifs is 1. The molecule has 1 aromatic heterocycles. The van der Waals surface area contributed by atoms with Gasteiger partial charge in [0.05, 0.1) is 35.7 Å². The highest BCUT2D eigenvalue weighted by Gasteiger charge is 2.17. The molecule has 0 saturated heterocycles. The van der Waals surface area contributed by atoms with Crippen molar-refractivity contribution in [3.8, 4) is 6.07 Å². The minimum atomic E-state index is -0.242. The average molecular weight is 362 g/mol. The van der Waals surface area contributed by atoms with Crippen LogP contribution < -0.4 is 5.56 Å². The number of H-pyrrole nitrogens is 1. The van der Waals surface area contributed by atoms with Gasteiger partial charge < -0.3 is 14.6 Å². The van der Waals surface area contributed by atoms with Crippen LogP contribution in [0.1, 0.15) is 21.7 Å². The van der Waals surface area contributed by atoms with Gasteiger partial charge in [0.15, 0.2) is 0 Å². The maximum absolute atomic E-state index is 12.9. The molecular formula is C20H18N4O3. The van der Waals surface area contributed by atoms with Gasteiger partial charge in [-0.05, 0) is 36.4 Å². The van der Waals surface area contributed by atoms with E-state index < -0.39 is 0 Å². The van der Waals surface area contributed by atoms with Crippen molar-refractivity contribution in [2.24, 2.45) is 0 Å². The number of para-hydroxylation sites is 1. The fraction of sp³-hybridized carbons (Fsp3) is 0.200. The molecule has 3 aromatic rings. The molecule has 0 saturated carbocycles. The molecule has 0 aliphatic carbocycles. The summed E-state index contributed by atoms with van der Waals surface area (Å²) in [6, 6.07) is 15.5. The van der Waals surface area contributed by atoms with Gasteiger partial charge in [0.25, 0.3) is 11.5 Å². The number of hydrogen-bond acceptors (Lipinski definition) is 5. The first-order valence-corrected chi connectivity index (χ1v) is 8.38. The van der Waals surface area contributed by atoms with Crippen LogP contribution in [0.25, 0.3) is 10.9 Å². The largest absolute Gasteiger partial charge is 0.383 e. The van der Waals surface area contributed by atoms with Crippen molar-refractivity contribution in [1.29, 1.82) is 5.26 Å². The fourth-order valence-corrected chi connectivity index (χ4v) is 2.71. The Hall–Kier alpha value is -3.50. The van der Waals surface area contributed by atoms with Crippen LogP contribution in [0.3, 0.4) is 0 Å². The van der Waals surface area contributed by atoms with Crippen molar-refractivity contribution in [2.75, 3.05) is 20.3 Å². The zero-order chi connectivity index (χ0) is 19.2. The molecule has 0 aliphatic heterocycles. The van der Waals surface area contributed by atoms with Gasteiger partial charge in [0.1, 0.15) is 5.82 Å². The summed E-state index contributed by atoms with van der Waals surface area (Å²) >= 11 is 0. The lowest BCUT2D eigenvalue weighted by atomic mass is 10.1. The monoisotopic (exact) mass is 362 g/mol. The molecule has 136 valence electrons. The van der Waals surface area contributed by atoms with E-state index in [1.165, 1.54) is 0 Å². The number of hydrogen-bond donors (Lipinski definition) is 1. The second-order valence-corrected chi connectivity index (χ2v) is 5.94. The summed E-state index contributed by atoms with van der Waals surface area (Å²) < 4.78 is 5.10. The van der Waals surface area contributed by atoms with E-state index in [2.05, 4.69) is 9.97 Å². The maximum atomic E-state index is 12.9. The number of carbonyl (C=O) groups is 1. The topological polar surface area (TPSA) is 99.1 Å². The lowest BCUT2D eigenvalue weighted by Gasteiger charge is -2.22. The Morgan fingerprint density at radius 3 is 2.67 bits per heavy atom. The van der Waals surface area contributed by atoms with Gasteiger partial charge in [-0.3, -0.25) is 9.59 Å². The molecule has 0 radical (unpaired) electrons. The fourth-order valence-electron chi connectivity index (χ4n) is 2.71. The van der Waals surface area contributed by atoms with Crippen molar-refractivity contribution in [1.82, 2.24) is 14.9 Å². The van der Waals surface area contributed by atoms with Crippen LogP contribution >= 0.6 is 0 Å². The number of ether oxygens (including phenoxy) is 1. The van der Waals surface area contributed by atoms with Gasteiger partial charge >= 0.3 is 0 Å². The summed E-state index contributed by atoms with van der Waals surface area (Å²) in [6.45, 7) is 0.827. The van der Waals surface area contributed by atoms with Gasteiger partial charge in [-0.1, -0.05) is 12.1 Å². The van der Waals surface area contributed by atoms with E-state index in [4.69, 9.17) is 10.00 Å². The average Bonchev–Trinajstić information content (AvgIpc) is 2.70. The van der Waals surface area contributed by atoms with Gasteiger partial charge in [-0.15, -0.1) is 0 Å². The molecule has 0 bridgehead atoms. The number of carbonyl (C=O) groups excluding carboxylic acids is 1. The minimum absolute atomic E-state index is 0.141. The molecule has 0 fully saturated rings. The van der Waals surface area contributed by atoms with Gasteiger partial charge in [0.2, 0.25) is 0 Å². The number of nitrogens with one attached hydrogen (secondary N) is 1. The van der Waals surface area contributed by atoms with E-state index in [1.807, 2.05) is 12.1 Å². The summed E-state index contributed by atoms with van der Waals surface area (Å²) in [6.07, 6.45) is 0. The van der Waals surface area contributed by atoms with Crippen molar-refractivity contribution >= 4 is 16.8 Å². The van der Waals surface area contributed by atoms with Gasteiger partial charge in [-0.2, -0.15) is 5.26 Å². The molecule has 3 rings (SSSR count). The first-order valence-electron chi connectivity index (χ1n) is 8.38. The Bertz CT molecular complexity index is 1050. The van der Waals surface area contributed by atoms with Crippen molar-refractivity contribution in [3.63, 3.8) is 0 Å². The predicted octanol–water partition coefficient (Wildman–Crippen LogP) is 2.08. The van der Waals surface area contributed by atoms with Crippen LogP contribution in [-0.4, -0.2) is 41.0 Å². The third-order valence-corrected chi connectivity index (χ3v) is 4.12. The third kappa shape index (κ3) is 4.19. The van der Waals surface area contributed by atoms with Crippen molar-refractivity contribution in [3.05, 3.63) is 75.8 Å². The van der Waals surface area contributed by atoms with E-state index in [9.17, 15) is 9.59 Å². The first-order chi connectivity index (χ1) is 13.1. The molecule has 7 heteroatoms. The Balaban J connectivity index is 1.89. The summed E-state index contributed by atoms with van der Waals surface area (Å²) in [5.41, 5.74) is 1.27. The summed E-state index contributed by atoms with van der Waals surface area (Å²) in [4.78, 5) is 33.9. The minimum Gasteiger partial charge on any atom is -0.383 e. The SMILES string of the molecule is COCCN(Cc1nc2ccccc2c(=O)[nH]1)C(=O)c1ccc(C#N)cc1. The standard InChI is InChI=1S/C20H18N4O3/c1-27-11-10-24(20(26)15-8-6-14(12-21)7-9-15)13-18-22-17-5-3-2-4-16(17)19(25)23-18/h2-9H,10-11,13H2,1H3,(H,22,23,25). The normalized spacial score (nSPS) is 10.5. The molecule has 1 N–H and O–H groups in total. The summed E-state index contributed by atoms with van der Waals surface area (Å²) in [5.74, 6) is 0.171. The highest BCUT2D eigenvalue weighted by Crippen LogP contribution is 2.11. The zero-order valence-electron chi connectivity index (χ0n) is 14.8. The number of amides is 1. The molecule has 0 atom stereocenters. The molecule has 0 aliphatic rings. The number of rotatable bonds is 6. The van der Waals surface area contributed by atoms with E-state index in [0.717, 1.165) is 0 Å². The molecule has 0 unspecified atom stereocenters. The molecular weight excluding hydrogens is 344 g/mol. The number of aromatic nitrogens is 2. The zero-order valence-corrected chi connectivity index (χ0v) is 14.8. The molecule has 1 heterocycles. The maximum Gasteiger partial charge on any atom is 0.258 e.